The Morgan fingerprint density at radius 2 is 1.88 bits per heavy atom. The van der Waals surface area contributed by atoms with Crippen molar-refractivity contribution in [1.82, 2.24) is 4.90 Å². The van der Waals surface area contributed by atoms with Gasteiger partial charge in [0.1, 0.15) is 5.75 Å². The van der Waals surface area contributed by atoms with E-state index in [0.29, 0.717) is 17.1 Å². The van der Waals surface area contributed by atoms with E-state index >= 15 is 0 Å². The van der Waals surface area contributed by atoms with Crippen molar-refractivity contribution in [3.63, 3.8) is 0 Å². The SMILES string of the molecule is COc1ccc(N[C@H]2CCCN(C(=O)c3ccc(Cl)cc3)C2)cc1. The third kappa shape index (κ3) is 4.01. The minimum Gasteiger partial charge on any atom is -0.497 e. The first-order valence-electron chi connectivity index (χ1n) is 8.11. The van der Waals surface area contributed by atoms with Crippen LogP contribution in [0.25, 0.3) is 0 Å². The minimum absolute atomic E-state index is 0.0629. The predicted octanol–water partition coefficient (Wildman–Crippen LogP) is 4.07. The van der Waals surface area contributed by atoms with E-state index in [4.69, 9.17) is 16.3 Å². The van der Waals surface area contributed by atoms with E-state index in [1.54, 1.807) is 31.4 Å². The Kier molecular flexibility index (Phi) is 5.26. The van der Waals surface area contributed by atoms with Gasteiger partial charge in [-0.3, -0.25) is 4.79 Å². The molecular formula is C19H21ClN2O2. The van der Waals surface area contributed by atoms with Crippen molar-refractivity contribution in [2.24, 2.45) is 0 Å². The number of carbonyl (C=O) groups is 1. The van der Waals surface area contributed by atoms with Gasteiger partial charge in [-0.25, -0.2) is 0 Å². The highest BCUT2D eigenvalue weighted by atomic mass is 35.5. The molecule has 3 rings (SSSR count). The Balaban J connectivity index is 1.63. The van der Waals surface area contributed by atoms with Gasteiger partial charge in [-0.2, -0.15) is 0 Å². The molecule has 24 heavy (non-hydrogen) atoms. The molecule has 0 unspecified atom stereocenters. The number of rotatable bonds is 4. The van der Waals surface area contributed by atoms with Crippen LogP contribution in [0.15, 0.2) is 48.5 Å². The van der Waals surface area contributed by atoms with Crippen molar-refractivity contribution in [1.29, 1.82) is 0 Å². The molecular weight excluding hydrogens is 324 g/mol. The van der Waals surface area contributed by atoms with Crippen molar-refractivity contribution in [3.8, 4) is 5.75 Å². The summed E-state index contributed by atoms with van der Waals surface area (Å²) in [5.41, 5.74) is 1.73. The number of carbonyl (C=O) groups excluding carboxylic acids is 1. The highest BCUT2D eigenvalue weighted by molar-refractivity contribution is 6.30. The van der Waals surface area contributed by atoms with Crippen molar-refractivity contribution in [3.05, 3.63) is 59.1 Å². The van der Waals surface area contributed by atoms with E-state index in [1.165, 1.54) is 0 Å². The molecule has 4 nitrogen and oxygen atoms in total. The molecule has 1 N–H and O–H groups in total. The Morgan fingerprint density at radius 3 is 2.54 bits per heavy atom. The number of anilines is 1. The van der Waals surface area contributed by atoms with E-state index in [2.05, 4.69) is 5.32 Å². The zero-order valence-corrected chi connectivity index (χ0v) is 14.4. The van der Waals surface area contributed by atoms with Crippen LogP contribution in [0.3, 0.4) is 0 Å². The first kappa shape index (κ1) is 16.7. The highest BCUT2D eigenvalue weighted by Gasteiger charge is 2.24. The maximum absolute atomic E-state index is 12.6. The summed E-state index contributed by atoms with van der Waals surface area (Å²) in [6.07, 6.45) is 2.05. The summed E-state index contributed by atoms with van der Waals surface area (Å²) in [5, 5.41) is 4.15. The fraction of sp³-hybridized carbons (Fsp3) is 0.316. The number of ether oxygens (including phenoxy) is 1. The Bertz CT molecular complexity index is 686. The van der Waals surface area contributed by atoms with E-state index in [0.717, 1.165) is 30.8 Å². The zero-order chi connectivity index (χ0) is 16.9. The van der Waals surface area contributed by atoms with Crippen LogP contribution in [0, 0.1) is 0 Å². The standard InChI is InChI=1S/C19H21ClN2O2/c1-24-18-10-8-16(9-11-18)21-17-3-2-12-22(13-17)19(23)14-4-6-15(20)7-5-14/h4-11,17,21H,2-3,12-13H2,1H3/t17-/m0/s1. The molecule has 5 heteroatoms. The quantitative estimate of drug-likeness (QED) is 0.909. The van der Waals surface area contributed by atoms with Crippen LogP contribution < -0.4 is 10.1 Å². The molecule has 2 aromatic carbocycles. The van der Waals surface area contributed by atoms with Crippen LogP contribution in [0.4, 0.5) is 5.69 Å². The normalized spacial score (nSPS) is 17.4. The molecule has 1 aliphatic heterocycles. The van der Waals surface area contributed by atoms with Crippen molar-refractivity contribution >= 4 is 23.2 Å². The molecule has 2 aromatic rings. The van der Waals surface area contributed by atoms with Gasteiger partial charge in [0.2, 0.25) is 0 Å². The topological polar surface area (TPSA) is 41.6 Å². The molecule has 0 aromatic heterocycles. The van der Waals surface area contributed by atoms with Crippen molar-refractivity contribution < 1.29 is 9.53 Å². The lowest BCUT2D eigenvalue weighted by atomic mass is 10.0. The monoisotopic (exact) mass is 344 g/mol. The van der Waals surface area contributed by atoms with Gasteiger partial charge in [-0.15, -0.1) is 0 Å². The average molecular weight is 345 g/mol. The van der Waals surface area contributed by atoms with Gasteiger partial charge in [0.25, 0.3) is 5.91 Å². The number of nitrogens with zero attached hydrogens (tertiary/aromatic N) is 1. The average Bonchev–Trinajstić information content (AvgIpc) is 2.63. The third-order valence-corrected chi connectivity index (χ3v) is 4.51. The zero-order valence-electron chi connectivity index (χ0n) is 13.7. The van der Waals surface area contributed by atoms with Gasteiger partial charge in [0, 0.05) is 35.4 Å². The van der Waals surface area contributed by atoms with Crippen LogP contribution in [0.2, 0.25) is 5.02 Å². The lowest BCUT2D eigenvalue weighted by molar-refractivity contribution is 0.0715. The number of amides is 1. The van der Waals surface area contributed by atoms with Crippen molar-refractivity contribution in [2.75, 3.05) is 25.5 Å². The molecule has 1 aliphatic rings. The molecule has 0 bridgehead atoms. The molecule has 0 aliphatic carbocycles. The number of hydrogen-bond donors (Lipinski definition) is 1. The van der Waals surface area contributed by atoms with Gasteiger partial charge in [-0.05, 0) is 61.4 Å². The summed E-state index contributed by atoms with van der Waals surface area (Å²) in [6.45, 7) is 1.50. The van der Waals surface area contributed by atoms with Crippen LogP contribution in [-0.4, -0.2) is 37.0 Å². The molecule has 1 atom stereocenters. The largest absolute Gasteiger partial charge is 0.497 e. The summed E-state index contributed by atoms with van der Waals surface area (Å²) >= 11 is 5.89. The predicted molar refractivity (Wildman–Crippen MR) is 97.0 cm³/mol. The second kappa shape index (κ2) is 7.58. The van der Waals surface area contributed by atoms with E-state index in [-0.39, 0.29) is 11.9 Å². The molecule has 0 saturated carbocycles. The first-order valence-corrected chi connectivity index (χ1v) is 8.49. The number of nitrogens with one attached hydrogen (secondary N) is 1. The number of piperidine rings is 1. The summed E-state index contributed by atoms with van der Waals surface area (Å²) in [4.78, 5) is 14.5. The van der Waals surface area contributed by atoms with Gasteiger partial charge in [-0.1, -0.05) is 11.6 Å². The Hall–Kier alpha value is -2.20. The molecule has 126 valence electrons. The fourth-order valence-corrected chi connectivity index (χ4v) is 3.10. The summed E-state index contributed by atoms with van der Waals surface area (Å²) in [7, 11) is 1.66. The summed E-state index contributed by atoms with van der Waals surface area (Å²) in [6, 6.07) is 15.2. The summed E-state index contributed by atoms with van der Waals surface area (Å²) in [5.74, 6) is 0.900. The van der Waals surface area contributed by atoms with Crippen LogP contribution in [-0.2, 0) is 0 Å². The van der Waals surface area contributed by atoms with E-state index in [1.807, 2.05) is 29.2 Å². The maximum Gasteiger partial charge on any atom is 0.253 e. The lowest BCUT2D eigenvalue weighted by Crippen LogP contribution is -2.45. The van der Waals surface area contributed by atoms with Gasteiger partial charge in [0.15, 0.2) is 0 Å². The third-order valence-electron chi connectivity index (χ3n) is 4.26. The van der Waals surface area contributed by atoms with Gasteiger partial charge in [0.05, 0.1) is 7.11 Å². The maximum atomic E-state index is 12.6. The Morgan fingerprint density at radius 1 is 1.17 bits per heavy atom. The number of methoxy groups -OCH3 is 1. The number of likely N-dealkylation sites (tertiary alicyclic amines) is 1. The lowest BCUT2D eigenvalue weighted by Gasteiger charge is -2.33. The van der Waals surface area contributed by atoms with Crippen molar-refractivity contribution in [2.45, 2.75) is 18.9 Å². The smallest absolute Gasteiger partial charge is 0.253 e. The number of benzene rings is 2. The molecule has 0 spiro atoms. The van der Waals surface area contributed by atoms with Crippen LogP contribution in [0.1, 0.15) is 23.2 Å². The van der Waals surface area contributed by atoms with E-state index in [9.17, 15) is 4.79 Å². The minimum atomic E-state index is 0.0629. The number of halogens is 1. The molecule has 1 amide bonds. The van der Waals surface area contributed by atoms with Gasteiger partial charge < -0.3 is 15.0 Å². The summed E-state index contributed by atoms with van der Waals surface area (Å²) < 4.78 is 5.17. The fourth-order valence-electron chi connectivity index (χ4n) is 2.98. The first-order chi connectivity index (χ1) is 11.7. The molecule has 1 saturated heterocycles. The highest BCUT2D eigenvalue weighted by Crippen LogP contribution is 2.20. The van der Waals surface area contributed by atoms with E-state index < -0.39 is 0 Å². The van der Waals surface area contributed by atoms with Crippen LogP contribution >= 0.6 is 11.6 Å². The molecule has 1 heterocycles. The number of hydrogen-bond acceptors (Lipinski definition) is 3. The second-order valence-electron chi connectivity index (χ2n) is 5.97. The van der Waals surface area contributed by atoms with Crippen LogP contribution in [0.5, 0.6) is 5.75 Å². The molecule has 0 radical (unpaired) electrons. The Labute approximate surface area is 147 Å². The molecule has 1 fully saturated rings. The van der Waals surface area contributed by atoms with Gasteiger partial charge >= 0.3 is 0 Å². The second-order valence-corrected chi connectivity index (χ2v) is 6.41.